The monoisotopic (exact) mass is 342 g/mol. The van der Waals surface area contributed by atoms with Gasteiger partial charge in [-0.25, -0.2) is 4.98 Å². The summed E-state index contributed by atoms with van der Waals surface area (Å²) < 4.78 is 0. The minimum absolute atomic E-state index is 0.0987. The van der Waals surface area contributed by atoms with Crippen LogP contribution in [0.4, 0.5) is 5.13 Å². The van der Waals surface area contributed by atoms with Crippen molar-refractivity contribution >= 4 is 22.4 Å². The second kappa shape index (κ2) is 7.93. The molecule has 0 spiro atoms. The van der Waals surface area contributed by atoms with Crippen LogP contribution < -0.4 is 5.32 Å². The zero-order valence-electron chi connectivity index (χ0n) is 14.6. The SMILES string of the molecule is Cc1ccc(-c2csc(NC(=O)CCC3CCCCC3)n2)cc1C. The molecule has 1 saturated carbocycles. The van der Waals surface area contributed by atoms with Gasteiger partial charge in [-0.15, -0.1) is 11.3 Å². The number of nitrogens with zero attached hydrogens (tertiary/aromatic N) is 1. The van der Waals surface area contributed by atoms with Crippen molar-refractivity contribution in [3.8, 4) is 11.3 Å². The van der Waals surface area contributed by atoms with Crippen molar-refractivity contribution in [3.63, 3.8) is 0 Å². The number of benzene rings is 1. The number of anilines is 1. The molecule has 1 aromatic carbocycles. The molecule has 0 atom stereocenters. The highest BCUT2D eigenvalue weighted by Crippen LogP contribution is 2.28. The van der Waals surface area contributed by atoms with E-state index in [2.05, 4.69) is 42.3 Å². The maximum atomic E-state index is 12.2. The van der Waals surface area contributed by atoms with Crippen molar-refractivity contribution in [3.05, 3.63) is 34.7 Å². The molecule has 2 aromatic rings. The summed E-state index contributed by atoms with van der Waals surface area (Å²) in [6.45, 7) is 4.22. The Balaban J connectivity index is 1.55. The predicted molar refractivity (Wildman–Crippen MR) is 101 cm³/mol. The summed E-state index contributed by atoms with van der Waals surface area (Å²) in [6.07, 6.45) is 8.24. The molecule has 1 aromatic heterocycles. The maximum Gasteiger partial charge on any atom is 0.226 e. The Kier molecular flexibility index (Phi) is 5.67. The Bertz CT molecular complexity index is 701. The largest absolute Gasteiger partial charge is 0.302 e. The first-order valence-corrected chi connectivity index (χ1v) is 9.83. The molecule has 0 saturated heterocycles. The average molecular weight is 343 g/mol. The number of thiazole rings is 1. The zero-order valence-corrected chi connectivity index (χ0v) is 15.4. The maximum absolute atomic E-state index is 12.2. The van der Waals surface area contributed by atoms with Gasteiger partial charge in [0.05, 0.1) is 5.69 Å². The van der Waals surface area contributed by atoms with E-state index in [1.54, 1.807) is 0 Å². The highest BCUT2D eigenvalue weighted by Gasteiger charge is 2.15. The second-order valence-electron chi connectivity index (χ2n) is 6.93. The van der Waals surface area contributed by atoms with Gasteiger partial charge in [0.1, 0.15) is 0 Å². The van der Waals surface area contributed by atoms with Crippen LogP contribution in [0.5, 0.6) is 0 Å². The molecule has 1 N–H and O–H groups in total. The lowest BCUT2D eigenvalue weighted by molar-refractivity contribution is -0.116. The molecule has 1 amide bonds. The van der Waals surface area contributed by atoms with Crippen molar-refractivity contribution in [1.29, 1.82) is 0 Å². The van der Waals surface area contributed by atoms with Crippen LogP contribution in [0.15, 0.2) is 23.6 Å². The van der Waals surface area contributed by atoms with Gasteiger partial charge in [0.15, 0.2) is 5.13 Å². The molecule has 1 fully saturated rings. The molecule has 1 aliphatic carbocycles. The fourth-order valence-corrected chi connectivity index (χ4v) is 4.09. The standard InChI is InChI=1S/C20H26N2OS/c1-14-8-10-17(12-15(14)2)18-13-24-20(21-18)22-19(23)11-9-16-6-4-3-5-7-16/h8,10,12-13,16H,3-7,9,11H2,1-2H3,(H,21,22,23). The van der Waals surface area contributed by atoms with Gasteiger partial charge in [-0.1, -0.05) is 44.2 Å². The minimum Gasteiger partial charge on any atom is -0.302 e. The number of aryl methyl sites for hydroxylation is 2. The number of rotatable bonds is 5. The van der Waals surface area contributed by atoms with Crippen LogP contribution in [0.1, 0.15) is 56.1 Å². The Morgan fingerprint density at radius 2 is 2.00 bits per heavy atom. The number of carbonyl (C=O) groups is 1. The van der Waals surface area contributed by atoms with Crippen molar-refractivity contribution in [2.24, 2.45) is 5.92 Å². The lowest BCUT2D eigenvalue weighted by Gasteiger charge is -2.20. The molecule has 1 aliphatic rings. The van der Waals surface area contributed by atoms with E-state index >= 15 is 0 Å². The van der Waals surface area contributed by atoms with Crippen molar-refractivity contribution < 1.29 is 4.79 Å². The van der Waals surface area contributed by atoms with E-state index in [-0.39, 0.29) is 5.91 Å². The van der Waals surface area contributed by atoms with Gasteiger partial charge in [-0.3, -0.25) is 4.79 Å². The Labute approximate surface area is 148 Å². The van der Waals surface area contributed by atoms with E-state index in [1.165, 1.54) is 54.6 Å². The van der Waals surface area contributed by atoms with E-state index in [9.17, 15) is 4.79 Å². The van der Waals surface area contributed by atoms with Crippen LogP contribution in [-0.2, 0) is 4.79 Å². The first-order valence-electron chi connectivity index (χ1n) is 8.95. The lowest BCUT2D eigenvalue weighted by atomic mass is 9.86. The molecule has 24 heavy (non-hydrogen) atoms. The van der Waals surface area contributed by atoms with Crippen LogP contribution in [0, 0.1) is 19.8 Å². The summed E-state index contributed by atoms with van der Waals surface area (Å²) in [5.74, 6) is 0.841. The molecule has 1 heterocycles. The van der Waals surface area contributed by atoms with Crippen LogP contribution in [0.25, 0.3) is 11.3 Å². The molecule has 4 heteroatoms. The van der Waals surface area contributed by atoms with Crippen LogP contribution in [-0.4, -0.2) is 10.9 Å². The first kappa shape index (κ1) is 17.2. The number of aromatic nitrogens is 1. The summed E-state index contributed by atoms with van der Waals surface area (Å²) in [5, 5.41) is 5.69. The number of amides is 1. The third-order valence-corrected chi connectivity index (χ3v) is 5.82. The van der Waals surface area contributed by atoms with Gasteiger partial charge in [0.25, 0.3) is 0 Å². The van der Waals surface area contributed by atoms with Gasteiger partial charge in [0.2, 0.25) is 5.91 Å². The second-order valence-corrected chi connectivity index (χ2v) is 7.79. The van der Waals surface area contributed by atoms with E-state index in [4.69, 9.17) is 0 Å². The Morgan fingerprint density at radius 1 is 1.21 bits per heavy atom. The molecule has 0 radical (unpaired) electrons. The molecular weight excluding hydrogens is 316 g/mol. The number of hydrogen-bond donors (Lipinski definition) is 1. The third kappa shape index (κ3) is 4.44. The average Bonchev–Trinajstić information content (AvgIpc) is 3.05. The highest BCUT2D eigenvalue weighted by molar-refractivity contribution is 7.14. The molecular formula is C20H26N2OS. The topological polar surface area (TPSA) is 42.0 Å². The summed E-state index contributed by atoms with van der Waals surface area (Å²) in [7, 11) is 0. The van der Waals surface area contributed by atoms with Crippen LogP contribution in [0.2, 0.25) is 0 Å². The van der Waals surface area contributed by atoms with Gasteiger partial charge in [-0.2, -0.15) is 0 Å². The van der Waals surface area contributed by atoms with Crippen LogP contribution in [0.3, 0.4) is 0 Å². The summed E-state index contributed by atoms with van der Waals surface area (Å²) in [5.41, 5.74) is 4.59. The fraction of sp³-hybridized carbons (Fsp3) is 0.500. The molecule has 0 unspecified atom stereocenters. The Hall–Kier alpha value is -1.68. The summed E-state index contributed by atoms with van der Waals surface area (Å²) >= 11 is 1.50. The van der Waals surface area contributed by atoms with E-state index in [0.717, 1.165) is 23.6 Å². The molecule has 3 rings (SSSR count). The van der Waals surface area contributed by atoms with Gasteiger partial charge in [-0.05, 0) is 43.4 Å². The van der Waals surface area contributed by atoms with Gasteiger partial charge in [0, 0.05) is 17.4 Å². The quantitative estimate of drug-likeness (QED) is 0.754. The smallest absolute Gasteiger partial charge is 0.226 e. The predicted octanol–water partition coefficient (Wildman–Crippen LogP) is 5.73. The van der Waals surface area contributed by atoms with E-state index in [1.807, 2.05) is 5.38 Å². The van der Waals surface area contributed by atoms with Crippen LogP contribution >= 0.6 is 11.3 Å². The normalized spacial score (nSPS) is 15.4. The fourth-order valence-electron chi connectivity index (χ4n) is 3.36. The summed E-state index contributed by atoms with van der Waals surface area (Å²) in [4.78, 5) is 16.7. The molecule has 3 nitrogen and oxygen atoms in total. The number of carbonyl (C=O) groups excluding carboxylic acids is 1. The molecule has 0 aliphatic heterocycles. The van der Waals surface area contributed by atoms with Crippen molar-refractivity contribution in [2.75, 3.05) is 5.32 Å². The molecule has 0 bridgehead atoms. The van der Waals surface area contributed by atoms with Crippen molar-refractivity contribution in [1.82, 2.24) is 4.98 Å². The van der Waals surface area contributed by atoms with E-state index in [0.29, 0.717) is 11.6 Å². The number of nitrogens with one attached hydrogen (secondary N) is 1. The molecule has 128 valence electrons. The highest BCUT2D eigenvalue weighted by atomic mass is 32.1. The third-order valence-electron chi connectivity index (χ3n) is 5.06. The van der Waals surface area contributed by atoms with E-state index < -0.39 is 0 Å². The van der Waals surface area contributed by atoms with Gasteiger partial charge >= 0.3 is 0 Å². The van der Waals surface area contributed by atoms with Crippen molar-refractivity contribution in [2.45, 2.75) is 58.8 Å². The lowest BCUT2D eigenvalue weighted by Crippen LogP contribution is -2.14. The Morgan fingerprint density at radius 3 is 2.75 bits per heavy atom. The van der Waals surface area contributed by atoms with Gasteiger partial charge < -0.3 is 5.32 Å². The first-order chi connectivity index (χ1) is 11.6. The number of hydrogen-bond acceptors (Lipinski definition) is 3. The summed E-state index contributed by atoms with van der Waals surface area (Å²) in [6, 6.07) is 6.36. The minimum atomic E-state index is 0.0987. The zero-order chi connectivity index (χ0) is 16.9.